The van der Waals surface area contributed by atoms with Crippen LogP contribution in [0.25, 0.3) is 10.1 Å². The zero-order valence-corrected chi connectivity index (χ0v) is 16.1. The molecule has 1 aromatic carbocycles. The Bertz CT molecular complexity index is 1190. The first-order chi connectivity index (χ1) is 12.8. The van der Waals surface area contributed by atoms with Crippen molar-refractivity contribution in [2.45, 2.75) is 17.9 Å². The maximum Gasteiger partial charge on any atom is 0.252 e. The van der Waals surface area contributed by atoms with Crippen LogP contribution in [0.3, 0.4) is 0 Å². The van der Waals surface area contributed by atoms with Gasteiger partial charge in [0.2, 0.25) is 15.8 Å². The SMILES string of the molecule is Cc1ccc2c3c(sc2c1)C(=O)C(C(=O)Nc1ccccn1)N(C)S3(=O)=O. The van der Waals surface area contributed by atoms with Gasteiger partial charge in [0, 0.05) is 23.3 Å². The highest BCUT2D eigenvalue weighted by atomic mass is 32.2. The van der Waals surface area contributed by atoms with E-state index in [4.69, 9.17) is 0 Å². The number of hydrogen-bond acceptors (Lipinski definition) is 6. The van der Waals surface area contributed by atoms with Gasteiger partial charge in [-0.2, -0.15) is 4.31 Å². The summed E-state index contributed by atoms with van der Waals surface area (Å²) in [7, 11) is -2.75. The molecule has 1 aliphatic rings. The second-order valence-corrected chi connectivity index (χ2v) is 9.24. The molecule has 0 fully saturated rings. The summed E-state index contributed by atoms with van der Waals surface area (Å²) < 4.78 is 27.7. The van der Waals surface area contributed by atoms with Gasteiger partial charge in [-0.15, -0.1) is 11.3 Å². The number of nitrogens with one attached hydrogen (secondary N) is 1. The van der Waals surface area contributed by atoms with Gasteiger partial charge in [0.15, 0.2) is 6.04 Å². The van der Waals surface area contributed by atoms with Crippen molar-refractivity contribution in [3.05, 3.63) is 53.0 Å². The number of likely N-dealkylation sites (N-methyl/N-ethyl adjacent to an activating group) is 1. The number of anilines is 1. The molecule has 2 aromatic heterocycles. The van der Waals surface area contributed by atoms with E-state index in [1.807, 2.05) is 13.0 Å². The quantitative estimate of drug-likeness (QED) is 0.665. The Balaban J connectivity index is 1.83. The second-order valence-electron chi connectivity index (χ2n) is 6.25. The third-order valence-electron chi connectivity index (χ3n) is 4.44. The van der Waals surface area contributed by atoms with Gasteiger partial charge in [0.05, 0.1) is 4.88 Å². The van der Waals surface area contributed by atoms with Crippen molar-refractivity contribution < 1.29 is 18.0 Å². The van der Waals surface area contributed by atoms with Crippen LogP contribution in [-0.4, -0.2) is 42.5 Å². The van der Waals surface area contributed by atoms with Crippen molar-refractivity contribution in [1.82, 2.24) is 9.29 Å². The van der Waals surface area contributed by atoms with Crippen molar-refractivity contribution in [3.63, 3.8) is 0 Å². The number of benzene rings is 1. The smallest absolute Gasteiger partial charge is 0.252 e. The van der Waals surface area contributed by atoms with Gasteiger partial charge in [-0.1, -0.05) is 18.2 Å². The number of fused-ring (bicyclic) bond motifs is 3. The minimum atomic E-state index is -3.99. The Morgan fingerprint density at radius 3 is 2.74 bits per heavy atom. The molecule has 1 atom stereocenters. The highest BCUT2D eigenvalue weighted by molar-refractivity contribution is 7.89. The highest BCUT2D eigenvalue weighted by Crippen LogP contribution is 2.41. The minimum absolute atomic E-state index is 0.0168. The molecule has 1 unspecified atom stereocenters. The number of aromatic nitrogens is 1. The van der Waals surface area contributed by atoms with E-state index in [0.717, 1.165) is 21.2 Å². The van der Waals surface area contributed by atoms with Crippen LogP contribution < -0.4 is 5.32 Å². The number of nitrogens with zero attached hydrogens (tertiary/aromatic N) is 2. The predicted octanol–water partition coefficient (Wildman–Crippen LogP) is 2.43. The average molecular weight is 401 g/mol. The van der Waals surface area contributed by atoms with Crippen molar-refractivity contribution in [2.24, 2.45) is 0 Å². The van der Waals surface area contributed by atoms with Crippen molar-refractivity contribution in [3.8, 4) is 0 Å². The van der Waals surface area contributed by atoms with Crippen LogP contribution in [-0.2, 0) is 14.8 Å². The molecule has 1 aliphatic heterocycles. The molecule has 1 N–H and O–H groups in total. The summed E-state index contributed by atoms with van der Waals surface area (Å²) >= 11 is 1.10. The Hall–Kier alpha value is -2.62. The van der Waals surface area contributed by atoms with E-state index in [1.54, 1.807) is 30.3 Å². The lowest BCUT2D eigenvalue weighted by molar-refractivity contribution is -0.118. The second kappa shape index (κ2) is 6.22. The molecule has 0 bridgehead atoms. The Morgan fingerprint density at radius 1 is 1.26 bits per heavy atom. The molecule has 3 heterocycles. The van der Waals surface area contributed by atoms with Crippen LogP contribution in [0, 0.1) is 6.92 Å². The molecule has 27 heavy (non-hydrogen) atoms. The van der Waals surface area contributed by atoms with Crippen LogP contribution in [0.2, 0.25) is 0 Å². The zero-order valence-electron chi connectivity index (χ0n) is 14.5. The van der Waals surface area contributed by atoms with Crippen LogP contribution >= 0.6 is 11.3 Å². The molecule has 0 saturated carbocycles. The number of aryl methyl sites for hydroxylation is 1. The molecule has 9 heteroatoms. The molecule has 0 spiro atoms. The van der Waals surface area contributed by atoms with Crippen LogP contribution in [0.4, 0.5) is 5.82 Å². The van der Waals surface area contributed by atoms with E-state index in [0.29, 0.717) is 10.1 Å². The van der Waals surface area contributed by atoms with E-state index in [9.17, 15) is 18.0 Å². The van der Waals surface area contributed by atoms with Gasteiger partial charge in [0.25, 0.3) is 5.91 Å². The molecule has 0 aliphatic carbocycles. The fourth-order valence-corrected chi connectivity index (χ4v) is 6.30. The Kier molecular flexibility index (Phi) is 4.10. The molecule has 0 radical (unpaired) electrons. The Morgan fingerprint density at radius 2 is 2.04 bits per heavy atom. The number of amides is 1. The number of carbonyl (C=O) groups excluding carboxylic acids is 2. The third kappa shape index (κ3) is 2.75. The Labute approximate surface area is 159 Å². The van der Waals surface area contributed by atoms with Crippen LogP contribution in [0.1, 0.15) is 15.2 Å². The van der Waals surface area contributed by atoms with E-state index in [-0.39, 0.29) is 15.6 Å². The number of thiophene rings is 1. The number of pyridine rings is 1. The minimum Gasteiger partial charge on any atom is -0.309 e. The number of hydrogen-bond donors (Lipinski definition) is 1. The monoisotopic (exact) mass is 401 g/mol. The van der Waals surface area contributed by atoms with Crippen LogP contribution in [0.5, 0.6) is 0 Å². The lowest BCUT2D eigenvalue weighted by Crippen LogP contribution is -2.52. The molecular formula is C18H15N3O4S2. The first kappa shape index (κ1) is 17.8. The van der Waals surface area contributed by atoms with Gasteiger partial charge < -0.3 is 5.32 Å². The summed E-state index contributed by atoms with van der Waals surface area (Å²) in [6, 6.07) is 8.79. The molecule has 0 saturated heterocycles. The largest absolute Gasteiger partial charge is 0.309 e. The van der Waals surface area contributed by atoms with Crippen molar-refractivity contribution in [1.29, 1.82) is 0 Å². The first-order valence-electron chi connectivity index (χ1n) is 8.08. The zero-order chi connectivity index (χ0) is 19.3. The van der Waals surface area contributed by atoms with Gasteiger partial charge in [0.1, 0.15) is 10.7 Å². The summed E-state index contributed by atoms with van der Waals surface area (Å²) in [6.45, 7) is 1.89. The fourth-order valence-electron chi connectivity index (χ4n) is 3.09. The van der Waals surface area contributed by atoms with Gasteiger partial charge >= 0.3 is 0 Å². The molecule has 3 aromatic rings. The summed E-state index contributed by atoms with van der Waals surface area (Å²) in [6.07, 6.45) is 1.49. The van der Waals surface area contributed by atoms with Crippen molar-refractivity contribution in [2.75, 3.05) is 12.4 Å². The molecule has 1 amide bonds. The number of Topliss-reactive ketones (excluding diaryl/α,β-unsaturated/α-hetero) is 1. The number of carbonyl (C=O) groups is 2. The average Bonchev–Trinajstić information content (AvgIpc) is 3.01. The highest BCUT2D eigenvalue weighted by Gasteiger charge is 2.47. The lowest BCUT2D eigenvalue weighted by atomic mass is 10.1. The summed E-state index contributed by atoms with van der Waals surface area (Å²) in [5.41, 5.74) is 0.962. The summed E-state index contributed by atoms with van der Waals surface area (Å²) in [5.74, 6) is -1.02. The lowest BCUT2D eigenvalue weighted by Gasteiger charge is -2.29. The van der Waals surface area contributed by atoms with E-state index < -0.39 is 27.8 Å². The maximum absolute atomic E-state index is 13.1. The maximum atomic E-state index is 13.1. The van der Waals surface area contributed by atoms with Crippen molar-refractivity contribution >= 4 is 49.0 Å². The van der Waals surface area contributed by atoms with Gasteiger partial charge in [-0.3, -0.25) is 9.59 Å². The number of sulfonamides is 1. The topological polar surface area (TPSA) is 96.4 Å². The molecule has 138 valence electrons. The van der Waals surface area contributed by atoms with Gasteiger partial charge in [-0.05, 0) is 30.7 Å². The van der Waals surface area contributed by atoms with Crippen LogP contribution in [0.15, 0.2) is 47.5 Å². The fraction of sp³-hybridized carbons (Fsp3) is 0.167. The number of ketones is 1. The van der Waals surface area contributed by atoms with E-state index in [1.165, 1.54) is 13.2 Å². The van der Waals surface area contributed by atoms with Gasteiger partial charge in [-0.25, -0.2) is 13.4 Å². The number of rotatable bonds is 2. The summed E-state index contributed by atoms with van der Waals surface area (Å²) in [5, 5.41) is 3.02. The molecular weight excluding hydrogens is 386 g/mol. The van der Waals surface area contributed by atoms with E-state index >= 15 is 0 Å². The third-order valence-corrected chi connectivity index (χ3v) is 7.64. The van der Waals surface area contributed by atoms with E-state index in [2.05, 4.69) is 10.3 Å². The summed E-state index contributed by atoms with van der Waals surface area (Å²) in [4.78, 5) is 29.8. The first-order valence-corrected chi connectivity index (χ1v) is 10.3. The molecule has 4 rings (SSSR count). The predicted molar refractivity (Wildman–Crippen MR) is 102 cm³/mol. The molecule has 7 nitrogen and oxygen atoms in total. The normalized spacial score (nSPS) is 19.0. The standard InChI is InChI=1S/C18H15N3O4S2/c1-10-6-7-11-12(9-10)26-16-15(22)14(21(2)27(24,25)17(11)16)18(23)20-13-5-3-4-8-19-13/h3-9,14H,1-2H3,(H,19,20,23).